The van der Waals surface area contributed by atoms with Gasteiger partial charge >= 0.3 is 0 Å². The highest BCUT2D eigenvalue weighted by Crippen LogP contribution is 2.24. The number of nitrogens with zero attached hydrogens (tertiary/aromatic N) is 2. The molecule has 1 aliphatic rings. The molecule has 1 atom stereocenters. The summed E-state index contributed by atoms with van der Waals surface area (Å²) in [4.78, 5) is 2.64. The van der Waals surface area contributed by atoms with Crippen LogP contribution in [-0.2, 0) is 0 Å². The minimum atomic E-state index is -0.335. The van der Waals surface area contributed by atoms with Gasteiger partial charge in [0.15, 0.2) is 0 Å². The Hall–Kier alpha value is -0.590. The summed E-state index contributed by atoms with van der Waals surface area (Å²) in [7, 11) is 0. The van der Waals surface area contributed by atoms with Crippen molar-refractivity contribution < 1.29 is 0 Å². The van der Waals surface area contributed by atoms with Crippen LogP contribution >= 0.6 is 0 Å². The van der Waals surface area contributed by atoms with Gasteiger partial charge in [-0.25, -0.2) is 0 Å². The predicted molar refractivity (Wildman–Crippen MR) is 90.2 cm³/mol. The molecule has 0 aromatic rings. The summed E-state index contributed by atoms with van der Waals surface area (Å²) < 4.78 is 0. The first-order valence-electron chi connectivity index (χ1n) is 8.87. The van der Waals surface area contributed by atoms with Crippen molar-refractivity contribution in [3.8, 4) is 6.07 Å². The molecule has 0 aliphatic heterocycles. The quantitative estimate of drug-likeness (QED) is 0.627. The third-order valence-corrected chi connectivity index (χ3v) is 4.53. The zero-order valence-corrected chi connectivity index (χ0v) is 14.8. The Balaban J connectivity index is 2.45. The fourth-order valence-electron chi connectivity index (χ4n) is 3.17. The van der Waals surface area contributed by atoms with E-state index in [4.69, 9.17) is 0 Å². The number of hydrogen-bond donors (Lipinski definition) is 1. The molecule has 21 heavy (non-hydrogen) atoms. The molecule has 1 fully saturated rings. The van der Waals surface area contributed by atoms with E-state index in [9.17, 15) is 5.26 Å². The monoisotopic (exact) mass is 293 g/mol. The van der Waals surface area contributed by atoms with Gasteiger partial charge in [-0.3, -0.25) is 5.32 Å². The molecule has 1 N–H and O–H groups in total. The average Bonchev–Trinajstić information content (AvgIpc) is 3.23. The fraction of sp³-hybridized carbons (Fsp3) is 0.944. The molecule has 0 saturated heterocycles. The molecule has 0 heterocycles. The predicted octanol–water partition coefficient (Wildman–Crippen LogP) is 3.95. The van der Waals surface area contributed by atoms with Gasteiger partial charge in [-0.2, -0.15) is 5.26 Å². The van der Waals surface area contributed by atoms with Crippen molar-refractivity contribution in [1.82, 2.24) is 10.2 Å². The van der Waals surface area contributed by atoms with E-state index in [-0.39, 0.29) is 5.54 Å². The zero-order valence-electron chi connectivity index (χ0n) is 14.8. The zero-order chi connectivity index (χ0) is 15.9. The van der Waals surface area contributed by atoms with Crippen molar-refractivity contribution in [3.63, 3.8) is 0 Å². The van der Waals surface area contributed by atoms with E-state index in [0.717, 1.165) is 19.4 Å². The van der Waals surface area contributed by atoms with Crippen LogP contribution < -0.4 is 5.32 Å². The minimum absolute atomic E-state index is 0.335. The van der Waals surface area contributed by atoms with Gasteiger partial charge in [-0.1, -0.05) is 27.7 Å². The van der Waals surface area contributed by atoms with Crippen LogP contribution in [0.2, 0.25) is 0 Å². The van der Waals surface area contributed by atoms with Crippen LogP contribution in [0.15, 0.2) is 0 Å². The summed E-state index contributed by atoms with van der Waals surface area (Å²) in [5.74, 6) is 0.706. The maximum atomic E-state index is 9.45. The second-order valence-corrected chi connectivity index (χ2v) is 7.33. The summed E-state index contributed by atoms with van der Waals surface area (Å²) in [5.41, 5.74) is -0.335. The highest BCUT2D eigenvalue weighted by atomic mass is 15.2. The molecule has 3 heteroatoms. The van der Waals surface area contributed by atoms with Crippen molar-refractivity contribution in [2.24, 2.45) is 5.92 Å². The molecule has 122 valence electrons. The summed E-state index contributed by atoms with van der Waals surface area (Å²) >= 11 is 0. The molecular formula is C18H35N3. The van der Waals surface area contributed by atoms with Crippen LogP contribution in [0.5, 0.6) is 0 Å². The lowest BCUT2D eigenvalue weighted by Gasteiger charge is -2.33. The number of nitriles is 1. The minimum Gasteiger partial charge on any atom is -0.300 e. The summed E-state index contributed by atoms with van der Waals surface area (Å²) in [6.45, 7) is 13.5. The lowest BCUT2D eigenvalue weighted by atomic mass is 9.96. The molecule has 0 aromatic heterocycles. The first kappa shape index (κ1) is 18.5. The van der Waals surface area contributed by atoms with Crippen LogP contribution in [0, 0.1) is 17.2 Å². The van der Waals surface area contributed by atoms with Gasteiger partial charge < -0.3 is 4.90 Å². The first-order valence-corrected chi connectivity index (χ1v) is 8.87. The van der Waals surface area contributed by atoms with Crippen molar-refractivity contribution in [1.29, 1.82) is 5.26 Å². The van der Waals surface area contributed by atoms with E-state index >= 15 is 0 Å². The second-order valence-electron chi connectivity index (χ2n) is 7.33. The molecule has 0 amide bonds. The normalized spacial score (nSPS) is 18.2. The molecule has 3 nitrogen and oxygen atoms in total. The Kier molecular flexibility index (Phi) is 7.70. The molecule has 1 aliphatic carbocycles. The van der Waals surface area contributed by atoms with E-state index in [1.807, 2.05) is 0 Å². The van der Waals surface area contributed by atoms with Gasteiger partial charge in [-0.05, 0) is 57.9 Å². The lowest BCUT2D eigenvalue weighted by molar-refractivity contribution is 0.159. The van der Waals surface area contributed by atoms with Crippen LogP contribution in [-0.4, -0.2) is 35.6 Å². The van der Waals surface area contributed by atoms with E-state index in [1.54, 1.807) is 0 Å². The van der Waals surface area contributed by atoms with Gasteiger partial charge in [0.25, 0.3) is 0 Å². The molecule has 1 saturated carbocycles. The number of hydrogen-bond acceptors (Lipinski definition) is 3. The van der Waals surface area contributed by atoms with Crippen LogP contribution in [0.1, 0.15) is 73.1 Å². The highest BCUT2D eigenvalue weighted by molar-refractivity contribution is 5.07. The Morgan fingerprint density at radius 2 is 1.90 bits per heavy atom. The van der Waals surface area contributed by atoms with Crippen LogP contribution in [0.4, 0.5) is 0 Å². The van der Waals surface area contributed by atoms with Crippen LogP contribution in [0.25, 0.3) is 0 Å². The summed E-state index contributed by atoms with van der Waals surface area (Å²) in [5, 5.41) is 13.0. The smallest absolute Gasteiger partial charge is 0.104 e. The third kappa shape index (κ3) is 6.80. The Bertz CT molecular complexity index is 326. The highest BCUT2D eigenvalue weighted by Gasteiger charge is 2.32. The molecule has 0 aromatic carbocycles. The Morgan fingerprint density at radius 3 is 2.33 bits per heavy atom. The van der Waals surface area contributed by atoms with Gasteiger partial charge in [0.05, 0.1) is 6.07 Å². The Morgan fingerprint density at radius 1 is 1.29 bits per heavy atom. The molecule has 1 rings (SSSR count). The molecule has 0 bridgehead atoms. The van der Waals surface area contributed by atoms with E-state index in [2.05, 4.69) is 50.9 Å². The number of nitrogens with one attached hydrogen (secondary N) is 1. The van der Waals surface area contributed by atoms with Crippen molar-refractivity contribution in [3.05, 3.63) is 0 Å². The SMILES string of the molecule is CCC(CC)N(CCCC(C)(C#N)NC1CC1)CC(C)C. The first-order chi connectivity index (χ1) is 9.94. The summed E-state index contributed by atoms with van der Waals surface area (Å²) in [6, 6.07) is 3.78. The van der Waals surface area contributed by atoms with Crippen molar-refractivity contribution in [2.75, 3.05) is 13.1 Å². The van der Waals surface area contributed by atoms with Crippen LogP contribution in [0.3, 0.4) is 0 Å². The molecule has 1 unspecified atom stereocenters. The number of rotatable bonds is 11. The fourth-order valence-corrected chi connectivity index (χ4v) is 3.17. The molecule has 0 spiro atoms. The second kappa shape index (κ2) is 8.76. The standard InChI is InChI=1S/C18H35N3/c1-6-17(7-2)21(13-15(3)4)12-8-11-18(5,14-19)20-16-9-10-16/h15-17,20H,6-13H2,1-5H3. The average molecular weight is 293 g/mol. The topological polar surface area (TPSA) is 39.1 Å². The van der Waals surface area contributed by atoms with E-state index in [0.29, 0.717) is 18.0 Å². The third-order valence-electron chi connectivity index (χ3n) is 4.53. The Labute approximate surface area is 132 Å². The van der Waals surface area contributed by atoms with Gasteiger partial charge in [0.1, 0.15) is 5.54 Å². The van der Waals surface area contributed by atoms with Gasteiger partial charge in [-0.15, -0.1) is 0 Å². The molecule has 0 radical (unpaired) electrons. The van der Waals surface area contributed by atoms with Crippen molar-refractivity contribution >= 4 is 0 Å². The molecular weight excluding hydrogens is 258 g/mol. The maximum absolute atomic E-state index is 9.45. The van der Waals surface area contributed by atoms with Crippen molar-refractivity contribution in [2.45, 2.75) is 90.8 Å². The van der Waals surface area contributed by atoms with Gasteiger partial charge in [0, 0.05) is 18.6 Å². The van der Waals surface area contributed by atoms with E-state index < -0.39 is 0 Å². The lowest BCUT2D eigenvalue weighted by Crippen LogP contribution is -2.44. The van der Waals surface area contributed by atoms with Gasteiger partial charge in [0.2, 0.25) is 0 Å². The maximum Gasteiger partial charge on any atom is 0.104 e. The van der Waals surface area contributed by atoms with E-state index in [1.165, 1.54) is 32.2 Å². The summed E-state index contributed by atoms with van der Waals surface area (Å²) in [6.07, 6.45) is 6.98. The largest absolute Gasteiger partial charge is 0.300 e.